The van der Waals surface area contributed by atoms with Crippen LogP contribution in [0.4, 0.5) is 0 Å². The maximum absolute atomic E-state index is 5.03. The molecule has 0 aromatic carbocycles. The lowest BCUT2D eigenvalue weighted by Crippen LogP contribution is -2.27. The van der Waals surface area contributed by atoms with Crippen LogP contribution < -0.4 is 0 Å². The number of nitrogens with zero attached hydrogens (tertiary/aromatic N) is 2. The number of hydroxylamine groups is 2. The van der Waals surface area contributed by atoms with Gasteiger partial charge in [-0.25, -0.2) is 10.1 Å². The lowest BCUT2D eigenvalue weighted by atomic mass is 10.6. The second kappa shape index (κ2) is 3.73. The SMILES string of the molecule is COC1=C(Br)N=CCN1OC. The number of hydrogen-bond acceptors (Lipinski definition) is 4. The van der Waals surface area contributed by atoms with Gasteiger partial charge < -0.3 is 4.74 Å². The molecule has 1 rings (SSSR count). The topological polar surface area (TPSA) is 34.1 Å². The van der Waals surface area contributed by atoms with Crippen LogP contribution in [0, 0.1) is 0 Å². The Labute approximate surface area is 73.6 Å². The standard InChI is InChI=1S/C6H9BrN2O2/c1-10-6-5(7)8-3-4-9(6)11-2/h3H,4H2,1-2H3. The molecule has 11 heavy (non-hydrogen) atoms. The molecule has 0 amide bonds. The van der Waals surface area contributed by atoms with Crippen LogP contribution in [0.25, 0.3) is 0 Å². The first-order valence-corrected chi connectivity index (χ1v) is 3.87. The molecule has 0 spiro atoms. The molecule has 0 bridgehead atoms. The zero-order chi connectivity index (χ0) is 8.27. The molecular formula is C6H9BrN2O2. The van der Waals surface area contributed by atoms with E-state index in [2.05, 4.69) is 20.9 Å². The fraction of sp³-hybridized carbons (Fsp3) is 0.500. The number of hydrogen-bond donors (Lipinski definition) is 0. The highest BCUT2D eigenvalue weighted by molar-refractivity contribution is 9.11. The molecule has 0 unspecified atom stereocenters. The third-order valence-electron chi connectivity index (χ3n) is 1.27. The third-order valence-corrected chi connectivity index (χ3v) is 1.81. The average Bonchev–Trinajstić information content (AvgIpc) is 2.04. The molecule has 1 heterocycles. The molecule has 0 radical (unpaired) electrons. The zero-order valence-electron chi connectivity index (χ0n) is 6.37. The van der Waals surface area contributed by atoms with Gasteiger partial charge in [0, 0.05) is 6.21 Å². The first-order chi connectivity index (χ1) is 5.29. The monoisotopic (exact) mass is 220 g/mol. The summed E-state index contributed by atoms with van der Waals surface area (Å²) in [5.74, 6) is 0.593. The van der Waals surface area contributed by atoms with E-state index in [1.807, 2.05) is 0 Å². The molecule has 0 aromatic rings. The molecule has 0 aliphatic carbocycles. The Morgan fingerprint density at radius 1 is 1.64 bits per heavy atom. The van der Waals surface area contributed by atoms with Crippen molar-refractivity contribution in [2.75, 3.05) is 20.8 Å². The van der Waals surface area contributed by atoms with Crippen molar-refractivity contribution in [1.82, 2.24) is 5.06 Å². The lowest BCUT2D eigenvalue weighted by Gasteiger charge is -2.23. The van der Waals surface area contributed by atoms with E-state index in [9.17, 15) is 0 Å². The number of ether oxygens (including phenoxy) is 1. The van der Waals surface area contributed by atoms with Crippen LogP contribution in [-0.2, 0) is 9.57 Å². The first kappa shape index (κ1) is 8.55. The maximum atomic E-state index is 5.03. The van der Waals surface area contributed by atoms with E-state index in [4.69, 9.17) is 9.57 Å². The highest BCUT2D eigenvalue weighted by Gasteiger charge is 2.16. The van der Waals surface area contributed by atoms with Crippen molar-refractivity contribution in [3.05, 3.63) is 10.5 Å². The maximum Gasteiger partial charge on any atom is 0.247 e. The van der Waals surface area contributed by atoms with E-state index in [-0.39, 0.29) is 0 Å². The van der Waals surface area contributed by atoms with E-state index in [1.165, 1.54) is 0 Å². The summed E-state index contributed by atoms with van der Waals surface area (Å²) in [6.45, 7) is 0.606. The molecule has 4 nitrogen and oxygen atoms in total. The van der Waals surface area contributed by atoms with Gasteiger partial charge in [0.05, 0.1) is 20.8 Å². The summed E-state index contributed by atoms with van der Waals surface area (Å²) in [6.07, 6.45) is 1.73. The van der Waals surface area contributed by atoms with E-state index in [1.54, 1.807) is 25.5 Å². The summed E-state index contributed by atoms with van der Waals surface area (Å²) in [5, 5.41) is 1.59. The molecule has 1 aliphatic heterocycles. The van der Waals surface area contributed by atoms with Crippen LogP contribution in [0.3, 0.4) is 0 Å². The fourth-order valence-electron chi connectivity index (χ4n) is 0.780. The van der Waals surface area contributed by atoms with Gasteiger partial charge in [0.25, 0.3) is 0 Å². The normalized spacial score (nSPS) is 17.5. The number of rotatable bonds is 2. The fourth-order valence-corrected chi connectivity index (χ4v) is 1.28. The summed E-state index contributed by atoms with van der Waals surface area (Å²) in [6, 6.07) is 0. The van der Waals surface area contributed by atoms with Gasteiger partial charge in [-0.15, -0.1) is 0 Å². The smallest absolute Gasteiger partial charge is 0.247 e. The van der Waals surface area contributed by atoms with Crippen molar-refractivity contribution in [2.24, 2.45) is 4.99 Å². The van der Waals surface area contributed by atoms with Gasteiger partial charge in [-0.3, -0.25) is 4.84 Å². The predicted molar refractivity (Wildman–Crippen MR) is 45.2 cm³/mol. The van der Waals surface area contributed by atoms with Gasteiger partial charge in [-0.05, 0) is 15.9 Å². The predicted octanol–water partition coefficient (Wildman–Crippen LogP) is 1.10. The highest BCUT2D eigenvalue weighted by Crippen LogP contribution is 2.20. The molecule has 5 heteroatoms. The third kappa shape index (κ3) is 1.72. The summed E-state index contributed by atoms with van der Waals surface area (Å²) in [7, 11) is 3.15. The number of halogens is 1. The summed E-state index contributed by atoms with van der Waals surface area (Å²) in [5.41, 5.74) is 0. The molecule has 1 aliphatic rings. The van der Waals surface area contributed by atoms with Gasteiger partial charge in [0.2, 0.25) is 5.88 Å². The highest BCUT2D eigenvalue weighted by atomic mass is 79.9. The molecule has 0 aromatic heterocycles. The van der Waals surface area contributed by atoms with E-state index in [0.29, 0.717) is 17.0 Å². The van der Waals surface area contributed by atoms with Crippen LogP contribution >= 0.6 is 15.9 Å². The zero-order valence-corrected chi connectivity index (χ0v) is 7.96. The lowest BCUT2D eigenvalue weighted by molar-refractivity contribution is -0.126. The van der Waals surface area contributed by atoms with E-state index >= 15 is 0 Å². The summed E-state index contributed by atoms with van der Waals surface area (Å²) in [4.78, 5) is 9.00. The second-order valence-electron chi connectivity index (χ2n) is 1.86. The minimum Gasteiger partial charge on any atom is -0.479 e. The quantitative estimate of drug-likeness (QED) is 0.655. The average molecular weight is 221 g/mol. The molecule has 0 N–H and O–H groups in total. The van der Waals surface area contributed by atoms with Crippen LogP contribution in [-0.4, -0.2) is 32.0 Å². The second-order valence-corrected chi connectivity index (χ2v) is 2.61. The van der Waals surface area contributed by atoms with Crippen molar-refractivity contribution in [2.45, 2.75) is 0 Å². The molecular weight excluding hydrogens is 212 g/mol. The Kier molecular flexibility index (Phi) is 2.90. The minimum absolute atomic E-state index is 0.593. The Morgan fingerprint density at radius 3 is 2.82 bits per heavy atom. The first-order valence-electron chi connectivity index (χ1n) is 3.07. The molecule has 0 atom stereocenters. The molecule has 0 saturated carbocycles. The van der Waals surface area contributed by atoms with Gasteiger partial charge >= 0.3 is 0 Å². The Bertz CT molecular complexity index is 203. The Morgan fingerprint density at radius 2 is 2.36 bits per heavy atom. The number of aliphatic imine (C=N–C) groups is 1. The molecule has 0 saturated heterocycles. The van der Waals surface area contributed by atoms with Gasteiger partial charge in [-0.1, -0.05) is 0 Å². The van der Waals surface area contributed by atoms with E-state index < -0.39 is 0 Å². The van der Waals surface area contributed by atoms with Crippen LogP contribution in [0.2, 0.25) is 0 Å². The van der Waals surface area contributed by atoms with Crippen LogP contribution in [0.15, 0.2) is 15.5 Å². The Hall–Kier alpha value is -0.550. The van der Waals surface area contributed by atoms with Crippen molar-refractivity contribution < 1.29 is 9.57 Å². The molecule has 62 valence electrons. The minimum atomic E-state index is 0.593. The Balaban J connectivity index is 2.81. The summed E-state index contributed by atoms with van der Waals surface area (Å²) >= 11 is 3.23. The summed E-state index contributed by atoms with van der Waals surface area (Å²) < 4.78 is 5.67. The van der Waals surface area contributed by atoms with Crippen molar-refractivity contribution in [3.8, 4) is 0 Å². The van der Waals surface area contributed by atoms with Crippen LogP contribution in [0.1, 0.15) is 0 Å². The van der Waals surface area contributed by atoms with Crippen molar-refractivity contribution >= 4 is 22.1 Å². The number of methoxy groups -OCH3 is 1. The van der Waals surface area contributed by atoms with E-state index in [0.717, 1.165) is 0 Å². The van der Waals surface area contributed by atoms with Crippen molar-refractivity contribution in [3.63, 3.8) is 0 Å². The van der Waals surface area contributed by atoms with Gasteiger partial charge in [0.15, 0.2) is 4.61 Å². The van der Waals surface area contributed by atoms with Crippen molar-refractivity contribution in [1.29, 1.82) is 0 Å². The van der Waals surface area contributed by atoms with Gasteiger partial charge in [-0.2, -0.15) is 0 Å². The largest absolute Gasteiger partial charge is 0.479 e. The van der Waals surface area contributed by atoms with Gasteiger partial charge in [0.1, 0.15) is 0 Å². The van der Waals surface area contributed by atoms with Crippen LogP contribution in [0.5, 0.6) is 0 Å². The molecule has 0 fully saturated rings.